The van der Waals surface area contributed by atoms with Gasteiger partial charge in [-0.1, -0.05) is 69.3 Å². The minimum atomic E-state index is -4.38. The maximum atomic E-state index is 13.2. The lowest BCUT2D eigenvalue weighted by atomic mass is 9.98. The van der Waals surface area contributed by atoms with Crippen molar-refractivity contribution in [1.29, 1.82) is 0 Å². The zero-order chi connectivity index (χ0) is 26.6. The molecule has 0 aromatic heterocycles. The zero-order valence-electron chi connectivity index (χ0n) is 21.5. The molecule has 0 bridgehead atoms. The minimum Gasteiger partial charge on any atom is -0.365 e. The fraction of sp³-hybridized carbons (Fsp3) is 0.444. The predicted octanol–water partition coefficient (Wildman–Crippen LogP) is 4.84. The van der Waals surface area contributed by atoms with Crippen molar-refractivity contribution in [3.8, 4) is 0 Å². The van der Waals surface area contributed by atoms with Gasteiger partial charge in [0.25, 0.3) is 0 Å². The Labute approximate surface area is 212 Å². The second-order valence-electron chi connectivity index (χ2n) is 8.11. The lowest BCUT2D eigenvalue weighted by Crippen LogP contribution is -2.49. The van der Waals surface area contributed by atoms with Crippen LogP contribution in [0.3, 0.4) is 0 Å². The van der Waals surface area contributed by atoms with Crippen LogP contribution in [-0.4, -0.2) is 32.5 Å². The molecule has 198 valence electrons. The molecule has 2 heterocycles. The van der Waals surface area contributed by atoms with Crippen molar-refractivity contribution in [3.63, 3.8) is 0 Å². The summed E-state index contributed by atoms with van der Waals surface area (Å²) < 4.78 is 39.6. The Morgan fingerprint density at radius 2 is 1.72 bits per heavy atom. The summed E-state index contributed by atoms with van der Waals surface area (Å²) in [7, 11) is 1.64. The van der Waals surface area contributed by atoms with E-state index in [9.17, 15) is 13.2 Å². The van der Waals surface area contributed by atoms with Gasteiger partial charge in [0.1, 0.15) is 12.0 Å². The third kappa shape index (κ3) is 8.08. The van der Waals surface area contributed by atoms with E-state index in [2.05, 4.69) is 33.2 Å². The summed E-state index contributed by atoms with van der Waals surface area (Å²) in [4.78, 5) is 4.19. The van der Waals surface area contributed by atoms with Gasteiger partial charge in [0.05, 0.1) is 11.7 Å². The molecule has 0 amide bonds. The predicted molar refractivity (Wildman–Crippen MR) is 141 cm³/mol. The molecule has 0 saturated heterocycles. The number of rotatable bonds is 5. The van der Waals surface area contributed by atoms with Crippen molar-refractivity contribution in [3.05, 3.63) is 82.6 Å². The molecule has 2 unspecified atom stereocenters. The summed E-state index contributed by atoms with van der Waals surface area (Å²) in [5, 5.41) is 12.7. The molecule has 36 heavy (non-hydrogen) atoms. The third-order valence-corrected chi connectivity index (χ3v) is 5.68. The molecular weight excluding hydrogens is 465 g/mol. The molecule has 6 N–H and O–H groups in total. The number of nitrogens with one attached hydrogen (secondary N) is 4. The van der Waals surface area contributed by atoms with Crippen LogP contribution >= 0.6 is 0 Å². The number of alkyl halides is 3. The molecule has 2 aliphatic rings. The molecular formula is C27H39F3N6. The highest BCUT2D eigenvalue weighted by atomic mass is 19.4. The zero-order valence-corrected chi connectivity index (χ0v) is 21.5. The molecule has 2 atom stereocenters. The minimum absolute atomic E-state index is 0.0221. The lowest BCUT2D eigenvalue weighted by Gasteiger charge is -2.36. The molecule has 0 fully saturated rings. The van der Waals surface area contributed by atoms with Crippen LogP contribution in [-0.2, 0) is 6.18 Å². The van der Waals surface area contributed by atoms with Crippen LogP contribution < -0.4 is 27.0 Å². The monoisotopic (exact) mass is 504 g/mol. The summed E-state index contributed by atoms with van der Waals surface area (Å²) >= 11 is 0. The average Bonchev–Trinajstić information content (AvgIpc) is 2.92. The first-order valence-corrected chi connectivity index (χ1v) is 12.5. The molecule has 9 heteroatoms. The summed E-state index contributed by atoms with van der Waals surface area (Å²) in [5.74, 6) is 0.642. The fourth-order valence-corrected chi connectivity index (χ4v) is 3.94. The topological polar surface area (TPSA) is 86.5 Å². The second-order valence-corrected chi connectivity index (χ2v) is 8.11. The van der Waals surface area contributed by atoms with Crippen LogP contribution in [0.25, 0.3) is 0 Å². The van der Waals surface area contributed by atoms with Gasteiger partial charge in [0.15, 0.2) is 0 Å². The smallest absolute Gasteiger partial charge is 0.365 e. The number of halogens is 3. The van der Waals surface area contributed by atoms with Crippen LogP contribution in [0, 0.1) is 0 Å². The van der Waals surface area contributed by atoms with Crippen LogP contribution in [0.15, 0.2) is 70.9 Å². The number of aliphatic imine (C=N–C) groups is 1. The van der Waals surface area contributed by atoms with E-state index in [4.69, 9.17) is 5.73 Å². The summed E-state index contributed by atoms with van der Waals surface area (Å²) in [6, 6.07) is 15.7. The van der Waals surface area contributed by atoms with Crippen molar-refractivity contribution >= 4 is 5.84 Å². The van der Waals surface area contributed by atoms with Gasteiger partial charge in [-0.15, -0.1) is 0 Å². The normalized spacial score (nSPS) is 19.0. The highest BCUT2D eigenvalue weighted by Crippen LogP contribution is 2.35. The number of nitrogens with two attached hydrogens (primary N) is 1. The third-order valence-electron chi connectivity index (χ3n) is 5.68. The Bertz CT molecular complexity index is 989. The quantitative estimate of drug-likeness (QED) is 0.376. The Morgan fingerprint density at radius 1 is 1.06 bits per heavy atom. The fourth-order valence-electron chi connectivity index (χ4n) is 3.94. The SMILES string of the molecule is CC.CCCNC(N)c1ccccc1.CN=C1NC(c2ccccc2C(F)(F)F)NC2=C1CNCC2. The maximum absolute atomic E-state index is 13.2. The largest absolute Gasteiger partial charge is 0.416 e. The van der Waals surface area contributed by atoms with Crippen LogP contribution in [0.2, 0.25) is 0 Å². The van der Waals surface area contributed by atoms with Crippen LogP contribution in [0.5, 0.6) is 0 Å². The van der Waals surface area contributed by atoms with E-state index in [0.29, 0.717) is 12.4 Å². The Kier molecular flexibility index (Phi) is 11.9. The van der Waals surface area contributed by atoms with Gasteiger partial charge in [-0.25, -0.2) is 0 Å². The summed E-state index contributed by atoms with van der Waals surface area (Å²) in [6.45, 7) is 8.56. The Hall–Kier alpha value is -2.88. The number of benzene rings is 2. The molecule has 0 aliphatic carbocycles. The van der Waals surface area contributed by atoms with Crippen LogP contribution in [0.1, 0.15) is 62.6 Å². The summed E-state index contributed by atoms with van der Waals surface area (Å²) in [6.07, 6.45) is -3.17. The number of nitrogens with zero attached hydrogens (tertiary/aromatic N) is 1. The van der Waals surface area contributed by atoms with E-state index in [-0.39, 0.29) is 11.7 Å². The molecule has 2 aromatic carbocycles. The molecule has 0 radical (unpaired) electrons. The van der Waals surface area contributed by atoms with E-state index < -0.39 is 17.9 Å². The molecule has 2 aromatic rings. The van der Waals surface area contributed by atoms with E-state index >= 15 is 0 Å². The highest BCUT2D eigenvalue weighted by Gasteiger charge is 2.37. The van der Waals surface area contributed by atoms with Crippen molar-refractivity contribution < 1.29 is 13.2 Å². The molecule has 2 aliphatic heterocycles. The number of hydrogen-bond donors (Lipinski definition) is 5. The van der Waals surface area contributed by atoms with Crippen molar-refractivity contribution in [2.45, 2.75) is 52.1 Å². The second kappa shape index (κ2) is 14.6. The van der Waals surface area contributed by atoms with Crippen LogP contribution in [0.4, 0.5) is 13.2 Å². The molecule has 0 saturated carbocycles. The van der Waals surface area contributed by atoms with E-state index in [1.165, 1.54) is 12.1 Å². The first-order chi connectivity index (χ1) is 17.3. The van der Waals surface area contributed by atoms with Crippen molar-refractivity contribution in [2.24, 2.45) is 10.7 Å². The molecule has 4 rings (SSSR count). The van der Waals surface area contributed by atoms with E-state index in [1.54, 1.807) is 13.1 Å². The standard InChI is InChI=1S/C15H17F3N4.C10H16N2.C2H6/c1-19-13-10-8-20-7-6-12(10)21-14(22-13)9-4-2-3-5-11(9)15(16,17)18;1-2-8-12-10(11)9-6-4-3-5-7-9;1-2/h2-5,14,20-21H,6-8H2,1H3,(H,19,22);3-7,10,12H,2,8,11H2,1H3;1-2H3. The van der Waals surface area contributed by atoms with Gasteiger partial charge in [0, 0.05) is 43.4 Å². The van der Waals surface area contributed by atoms with Crippen molar-refractivity contribution in [2.75, 3.05) is 26.7 Å². The number of amidine groups is 1. The van der Waals surface area contributed by atoms with Gasteiger partial charge >= 0.3 is 6.18 Å². The Balaban J connectivity index is 0.000000277. The first-order valence-electron chi connectivity index (χ1n) is 12.5. The first kappa shape index (κ1) is 29.4. The van der Waals surface area contributed by atoms with Crippen molar-refractivity contribution in [1.82, 2.24) is 21.3 Å². The molecule has 6 nitrogen and oxygen atoms in total. The van der Waals surface area contributed by atoms with Gasteiger partial charge in [-0.05, 0) is 24.6 Å². The van der Waals surface area contributed by atoms with E-state index in [1.807, 2.05) is 44.2 Å². The summed E-state index contributed by atoms with van der Waals surface area (Å²) in [5.41, 5.74) is 8.52. The maximum Gasteiger partial charge on any atom is 0.416 e. The van der Waals surface area contributed by atoms with E-state index in [0.717, 1.165) is 48.8 Å². The van der Waals surface area contributed by atoms with Gasteiger partial charge in [-0.2, -0.15) is 13.2 Å². The molecule has 0 spiro atoms. The Morgan fingerprint density at radius 3 is 2.36 bits per heavy atom. The highest BCUT2D eigenvalue weighted by molar-refractivity contribution is 6.00. The lowest BCUT2D eigenvalue weighted by molar-refractivity contribution is -0.138. The number of hydrogen-bond acceptors (Lipinski definition) is 5. The van der Waals surface area contributed by atoms with Gasteiger partial charge < -0.3 is 21.7 Å². The van der Waals surface area contributed by atoms with Gasteiger partial charge in [-0.3, -0.25) is 10.3 Å². The van der Waals surface area contributed by atoms with Gasteiger partial charge in [0.2, 0.25) is 0 Å². The average molecular weight is 505 g/mol.